The minimum atomic E-state index is -4.37. The van der Waals surface area contributed by atoms with Crippen molar-refractivity contribution in [2.24, 2.45) is 4.99 Å². The lowest BCUT2D eigenvalue weighted by Crippen LogP contribution is -2.39. The van der Waals surface area contributed by atoms with Crippen molar-refractivity contribution < 1.29 is 17.6 Å². The maximum absolute atomic E-state index is 12.9. The van der Waals surface area contributed by atoms with Crippen LogP contribution in [-0.4, -0.2) is 24.0 Å². The van der Waals surface area contributed by atoms with E-state index >= 15 is 0 Å². The zero-order valence-electron chi connectivity index (χ0n) is 16.7. The highest BCUT2D eigenvalue weighted by Crippen LogP contribution is 2.29. The van der Waals surface area contributed by atoms with Gasteiger partial charge < -0.3 is 15.1 Å². The summed E-state index contributed by atoms with van der Waals surface area (Å²) in [5.41, 5.74) is 0.755. The van der Waals surface area contributed by atoms with Crippen LogP contribution >= 0.6 is 24.0 Å². The van der Waals surface area contributed by atoms with Crippen LogP contribution in [0.2, 0.25) is 0 Å². The van der Waals surface area contributed by atoms with Crippen LogP contribution in [0.3, 0.4) is 0 Å². The molecule has 1 aromatic carbocycles. The summed E-state index contributed by atoms with van der Waals surface area (Å²) in [6, 6.07) is 14.6. The average molecular weight is 544 g/mol. The zero-order valence-corrected chi connectivity index (χ0v) is 19.1. The Morgan fingerprint density at radius 2 is 1.77 bits per heavy atom. The van der Waals surface area contributed by atoms with Gasteiger partial charge in [0.1, 0.15) is 5.76 Å². The van der Waals surface area contributed by atoms with Crippen molar-refractivity contribution in [2.75, 3.05) is 13.1 Å². The zero-order chi connectivity index (χ0) is 21.2. The first kappa shape index (κ1) is 24.7. The number of pyridine rings is 1. The molecule has 0 bridgehead atoms. The molecule has 0 radical (unpaired) electrons. The largest absolute Gasteiger partial charge is 0.469 e. The van der Waals surface area contributed by atoms with Gasteiger partial charge in [-0.05, 0) is 42.0 Å². The Labute approximate surface area is 196 Å². The minimum absolute atomic E-state index is 0. The van der Waals surface area contributed by atoms with Gasteiger partial charge in [0.15, 0.2) is 5.96 Å². The molecular formula is C22H24F3IN4O. The third-order valence-electron chi connectivity index (χ3n) is 4.32. The number of halogens is 4. The van der Waals surface area contributed by atoms with Crippen LogP contribution in [0.4, 0.5) is 13.2 Å². The number of aromatic nitrogens is 1. The summed E-state index contributed by atoms with van der Waals surface area (Å²) in [7, 11) is 0. The Morgan fingerprint density at radius 1 is 0.968 bits per heavy atom. The summed E-state index contributed by atoms with van der Waals surface area (Å²) in [6.45, 7) is 1.29. The fourth-order valence-electron chi connectivity index (χ4n) is 2.80. The van der Waals surface area contributed by atoms with Crippen molar-refractivity contribution in [1.82, 2.24) is 15.6 Å². The Bertz CT molecular complexity index is 931. The van der Waals surface area contributed by atoms with E-state index in [1.807, 2.05) is 30.3 Å². The predicted octanol–water partition coefficient (Wildman–Crippen LogP) is 4.83. The highest BCUT2D eigenvalue weighted by Gasteiger charge is 2.30. The standard InChI is InChI=1S/C22H23F3N4O.HI/c23-22(24,25)18-6-3-5-17(15-18)16-29-21(28-13-10-20-8-4-14-30-20)27-12-9-19-7-1-2-11-26-19;/h1-8,11,14-15H,9-10,12-13,16H2,(H2,27,28,29);1H. The Kier molecular flexibility index (Phi) is 9.83. The molecule has 0 fully saturated rings. The lowest BCUT2D eigenvalue weighted by molar-refractivity contribution is -0.137. The maximum atomic E-state index is 12.9. The van der Waals surface area contributed by atoms with Gasteiger partial charge in [-0.25, -0.2) is 4.99 Å². The van der Waals surface area contributed by atoms with Gasteiger partial charge in [-0.3, -0.25) is 4.98 Å². The van der Waals surface area contributed by atoms with E-state index in [0.717, 1.165) is 23.6 Å². The number of nitrogens with zero attached hydrogens (tertiary/aromatic N) is 2. The number of rotatable bonds is 8. The van der Waals surface area contributed by atoms with Gasteiger partial charge in [-0.1, -0.05) is 18.2 Å². The molecule has 31 heavy (non-hydrogen) atoms. The summed E-state index contributed by atoms with van der Waals surface area (Å²) in [4.78, 5) is 8.72. The van der Waals surface area contributed by atoms with Gasteiger partial charge in [-0.15, -0.1) is 24.0 Å². The van der Waals surface area contributed by atoms with Crippen LogP contribution in [0.25, 0.3) is 0 Å². The van der Waals surface area contributed by atoms with Crippen LogP contribution in [0.5, 0.6) is 0 Å². The summed E-state index contributed by atoms with van der Waals surface area (Å²) in [5, 5.41) is 6.41. The van der Waals surface area contributed by atoms with Crippen molar-refractivity contribution in [3.63, 3.8) is 0 Å². The topological polar surface area (TPSA) is 62.5 Å². The second kappa shape index (κ2) is 12.3. The first-order chi connectivity index (χ1) is 14.5. The molecule has 0 aliphatic carbocycles. The number of aliphatic imine (C=N–C) groups is 1. The third kappa shape index (κ3) is 8.60. The lowest BCUT2D eigenvalue weighted by atomic mass is 10.1. The van der Waals surface area contributed by atoms with Gasteiger partial charge in [0, 0.05) is 37.8 Å². The van der Waals surface area contributed by atoms with Gasteiger partial charge in [0.05, 0.1) is 18.4 Å². The first-order valence-electron chi connectivity index (χ1n) is 9.61. The molecule has 2 aromatic heterocycles. The van der Waals surface area contributed by atoms with E-state index in [1.165, 1.54) is 6.07 Å². The SMILES string of the molecule is FC(F)(F)c1cccc(CN=C(NCCc2ccccn2)NCCc2ccco2)c1.I. The van der Waals surface area contributed by atoms with Crippen LogP contribution < -0.4 is 10.6 Å². The number of benzene rings is 1. The van der Waals surface area contributed by atoms with E-state index in [0.29, 0.717) is 37.5 Å². The first-order valence-corrected chi connectivity index (χ1v) is 9.61. The molecule has 9 heteroatoms. The molecule has 0 amide bonds. The van der Waals surface area contributed by atoms with Gasteiger partial charge >= 0.3 is 6.18 Å². The van der Waals surface area contributed by atoms with E-state index < -0.39 is 11.7 Å². The molecule has 0 saturated carbocycles. The molecule has 3 rings (SSSR count). The Balaban J connectivity index is 0.00000341. The van der Waals surface area contributed by atoms with Crippen molar-refractivity contribution in [1.29, 1.82) is 0 Å². The predicted molar refractivity (Wildman–Crippen MR) is 124 cm³/mol. The van der Waals surface area contributed by atoms with Crippen LogP contribution in [0.15, 0.2) is 76.5 Å². The summed E-state index contributed by atoms with van der Waals surface area (Å²) in [5.74, 6) is 1.36. The molecule has 0 spiro atoms. The molecule has 0 unspecified atom stereocenters. The molecule has 0 aliphatic heterocycles. The summed E-state index contributed by atoms with van der Waals surface area (Å²) < 4.78 is 44.1. The maximum Gasteiger partial charge on any atom is 0.416 e. The number of hydrogen-bond donors (Lipinski definition) is 2. The number of guanidine groups is 1. The minimum Gasteiger partial charge on any atom is -0.469 e. The number of alkyl halides is 3. The summed E-state index contributed by atoms with van der Waals surface area (Å²) >= 11 is 0. The molecule has 0 saturated heterocycles. The molecule has 166 valence electrons. The van der Waals surface area contributed by atoms with Crippen molar-refractivity contribution >= 4 is 29.9 Å². The van der Waals surface area contributed by atoms with Crippen LogP contribution in [0.1, 0.15) is 22.6 Å². The Morgan fingerprint density at radius 3 is 2.45 bits per heavy atom. The van der Waals surface area contributed by atoms with Crippen molar-refractivity contribution in [2.45, 2.75) is 25.6 Å². The Hall–Kier alpha value is -2.56. The molecule has 5 nitrogen and oxygen atoms in total. The normalized spacial score (nSPS) is 11.6. The van der Waals surface area contributed by atoms with Gasteiger partial charge in [0.25, 0.3) is 0 Å². The summed E-state index contributed by atoms with van der Waals surface area (Å²) in [6.07, 6.45) is 0.341. The fourth-order valence-corrected chi connectivity index (χ4v) is 2.80. The highest BCUT2D eigenvalue weighted by molar-refractivity contribution is 14.0. The number of hydrogen-bond acceptors (Lipinski definition) is 3. The molecule has 0 atom stereocenters. The average Bonchev–Trinajstić information content (AvgIpc) is 3.25. The van der Waals surface area contributed by atoms with E-state index in [9.17, 15) is 13.2 Å². The molecule has 0 aliphatic rings. The van der Waals surface area contributed by atoms with E-state index in [4.69, 9.17) is 4.42 Å². The number of nitrogens with one attached hydrogen (secondary N) is 2. The lowest BCUT2D eigenvalue weighted by Gasteiger charge is -2.13. The van der Waals surface area contributed by atoms with Gasteiger partial charge in [0.2, 0.25) is 0 Å². The molecule has 2 heterocycles. The monoisotopic (exact) mass is 544 g/mol. The van der Waals surface area contributed by atoms with E-state index in [2.05, 4.69) is 20.6 Å². The van der Waals surface area contributed by atoms with E-state index in [-0.39, 0.29) is 30.5 Å². The van der Waals surface area contributed by atoms with Gasteiger partial charge in [-0.2, -0.15) is 13.2 Å². The number of furan rings is 1. The molecule has 3 aromatic rings. The third-order valence-corrected chi connectivity index (χ3v) is 4.32. The van der Waals surface area contributed by atoms with Crippen molar-refractivity contribution in [3.05, 3.63) is 89.6 Å². The fraction of sp³-hybridized carbons (Fsp3) is 0.273. The smallest absolute Gasteiger partial charge is 0.416 e. The second-order valence-electron chi connectivity index (χ2n) is 6.62. The molecular weight excluding hydrogens is 520 g/mol. The quantitative estimate of drug-likeness (QED) is 0.242. The van der Waals surface area contributed by atoms with E-state index in [1.54, 1.807) is 18.5 Å². The van der Waals surface area contributed by atoms with Crippen LogP contribution in [0, 0.1) is 0 Å². The highest BCUT2D eigenvalue weighted by atomic mass is 127. The second-order valence-corrected chi connectivity index (χ2v) is 6.62. The van der Waals surface area contributed by atoms with Crippen LogP contribution in [-0.2, 0) is 25.6 Å². The van der Waals surface area contributed by atoms with Crippen molar-refractivity contribution in [3.8, 4) is 0 Å². The molecule has 2 N–H and O–H groups in total.